The van der Waals surface area contributed by atoms with E-state index in [0.717, 1.165) is 21.5 Å². The molecule has 1 N–H and O–H groups in total. The zero-order chi connectivity index (χ0) is 13.5. The SMILES string of the molecule is CCC1Oc2c(cc(Br)cc2C(C)(C)C)NC1=O. The van der Waals surface area contributed by atoms with E-state index in [4.69, 9.17) is 4.74 Å². The third kappa shape index (κ3) is 2.39. The van der Waals surface area contributed by atoms with Gasteiger partial charge in [0, 0.05) is 10.0 Å². The number of carbonyl (C=O) groups is 1. The molecule has 1 aliphatic heterocycles. The van der Waals surface area contributed by atoms with Crippen molar-refractivity contribution in [3.05, 3.63) is 22.2 Å². The summed E-state index contributed by atoms with van der Waals surface area (Å²) < 4.78 is 6.82. The Bertz CT molecular complexity index is 491. The summed E-state index contributed by atoms with van der Waals surface area (Å²) in [5.74, 6) is 0.736. The van der Waals surface area contributed by atoms with Crippen LogP contribution in [0.3, 0.4) is 0 Å². The molecule has 0 spiro atoms. The molecule has 2 rings (SSSR count). The van der Waals surface area contributed by atoms with Crippen molar-refractivity contribution in [1.82, 2.24) is 0 Å². The zero-order valence-electron chi connectivity index (χ0n) is 11.1. The highest BCUT2D eigenvalue weighted by atomic mass is 79.9. The average molecular weight is 312 g/mol. The van der Waals surface area contributed by atoms with Crippen molar-refractivity contribution in [1.29, 1.82) is 0 Å². The summed E-state index contributed by atoms with van der Waals surface area (Å²) >= 11 is 3.48. The fourth-order valence-electron chi connectivity index (χ4n) is 2.05. The van der Waals surface area contributed by atoms with Crippen molar-refractivity contribution >= 4 is 27.5 Å². The average Bonchev–Trinajstić information content (AvgIpc) is 2.25. The highest BCUT2D eigenvalue weighted by molar-refractivity contribution is 9.10. The predicted octanol–water partition coefficient (Wildman–Crippen LogP) is 3.86. The number of hydrogen-bond donors (Lipinski definition) is 1. The monoisotopic (exact) mass is 311 g/mol. The summed E-state index contributed by atoms with van der Waals surface area (Å²) in [6.07, 6.45) is 0.282. The summed E-state index contributed by atoms with van der Waals surface area (Å²) in [6.45, 7) is 8.35. The second-order valence-electron chi connectivity index (χ2n) is 5.58. The van der Waals surface area contributed by atoms with Crippen LogP contribution >= 0.6 is 15.9 Å². The van der Waals surface area contributed by atoms with Crippen LogP contribution in [-0.4, -0.2) is 12.0 Å². The predicted molar refractivity (Wildman–Crippen MR) is 76.2 cm³/mol. The highest BCUT2D eigenvalue weighted by Gasteiger charge is 2.31. The van der Waals surface area contributed by atoms with Crippen LogP contribution in [0.1, 0.15) is 39.7 Å². The molecular formula is C14H18BrNO2. The normalized spacial score (nSPS) is 18.9. The molecule has 1 unspecified atom stereocenters. The van der Waals surface area contributed by atoms with E-state index in [1.807, 2.05) is 13.0 Å². The third-order valence-electron chi connectivity index (χ3n) is 3.04. The molecule has 1 aliphatic rings. The lowest BCUT2D eigenvalue weighted by Crippen LogP contribution is -2.37. The number of anilines is 1. The molecule has 0 radical (unpaired) electrons. The number of amides is 1. The molecule has 98 valence electrons. The Balaban J connectivity index is 2.56. The fourth-order valence-corrected chi connectivity index (χ4v) is 2.51. The van der Waals surface area contributed by atoms with E-state index in [1.54, 1.807) is 0 Å². The lowest BCUT2D eigenvalue weighted by Gasteiger charge is -2.31. The first-order valence-electron chi connectivity index (χ1n) is 6.14. The maximum atomic E-state index is 11.8. The van der Waals surface area contributed by atoms with Crippen LogP contribution in [0.15, 0.2) is 16.6 Å². The van der Waals surface area contributed by atoms with E-state index in [1.165, 1.54) is 0 Å². The lowest BCUT2D eigenvalue weighted by molar-refractivity contribution is -0.123. The lowest BCUT2D eigenvalue weighted by atomic mass is 9.85. The fraction of sp³-hybridized carbons (Fsp3) is 0.500. The van der Waals surface area contributed by atoms with Gasteiger partial charge in [0.25, 0.3) is 5.91 Å². The molecule has 1 amide bonds. The van der Waals surface area contributed by atoms with Crippen molar-refractivity contribution in [3.63, 3.8) is 0 Å². The first-order valence-corrected chi connectivity index (χ1v) is 6.93. The van der Waals surface area contributed by atoms with Gasteiger partial charge in [0.1, 0.15) is 5.75 Å². The molecule has 0 aliphatic carbocycles. The molecule has 18 heavy (non-hydrogen) atoms. The van der Waals surface area contributed by atoms with Crippen LogP contribution in [0.5, 0.6) is 5.75 Å². The quantitative estimate of drug-likeness (QED) is 0.855. The third-order valence-corrected chi connectivity index (χ3v) is 3.50. The van der Waals surface area contributed by atoms with E-state index >= 15 is 0 Å². The van der Waals surface area contributed by atoms with Gasteiger partial charge in [-0.05, 0) is 24.0 Å². The van der Waals surface area contributed by atoms with E-state index in [-0.39, 0.29) is 17.4 Å². The molecule has 0 saturated heterocycles. The number of rotatable bonds is 1. The number of benzene rings is 1. The minimum atomic E-state index is -0.389. The zero-order valence-corrected chi connectivity index (χ0v) is 12.7. The van der Waals surface area contributed by atoms with Crippen LogP contribution in [0.4, 0.5) is 5.69 Å². The van der Waals surface area contributed by atoms with Gasteiger partial charge in [-0.2, -0.15) is 0 Å². The van der Waals surface area contributed by atoms with E-state index < -0.39 is 0 Å². The molecule has 1 aromatic carbocycles. The van der Waals surface area contributed by atoms with Crippen LogP contribution in [-0.2, 0) is 10.2 Å². The van der Waals surface area contributed by atoms with Gasteiger partial charge in [0.2, 0.25) is 0 Å². The number of fused-ring (bicyclic) bond motifs is 1. The Morgan fingerprint density at radius 1 is 1.39 bits per heavy atom. The Hall–Kier alpha value is -1.03. The Labute approximate surface area is 116 Å². The Kier molecular flexibility index (Phi) is 3.41. The van der Waals surface area contributed by atoms with E-state index in [2.05, 4.69) is 48.1 Å². The minimum absolute atomic E-state index is 0.0335. The first kappa shape index (κ1) is 13.4. The standard InChI is InChI=1S/C14H18BrNO2/c1-5-11-13(17)16-10-7-8(15)6-9(12(10)18-11)14(2,3)4/h6-7,11H,5H2,1-4H3,(H,16,17). The van der Waals surface area contributed by atoms with E-state index in [9.17, 15) is 4.79 Å². The molecule has 1 atom stereocenters. The topological polar surface area (TPSA) is 38.3 Å². The molecule has 4 heteroatoms. The van der Waals surface area contributed by atoms with Crippen LogP contribution < -0.4 is 10.1 Å². The second-order valence-corrected chi connectivity index (χ2v) is 6.50. The van der Waals surface area contributed by atoms with Gasteiger partial charge in [0.15, 0.2) is 6.10 Å². The number of nitrogens with one attached hydrogen (secondary N) is 1. The largest absolute Gasteiger partial charge is 0.478 e. The molecular weight excluding hydrogens is 294 g/mol. The molecule has 1 heterocycles. The molecule has 3 nitrogen and oxygen atoms in total. The summed E-state index contributed by atoms with van der Waals surface area (Å²) in [4.78, 5) is 11.8. The summed E-state index contributed by atoms with van der Waals surface area (Å²) in [7, 11) is 0. The number of carbonyl (C=O) groups excluding carboxylic acids is 1. The van der Waals surface area contributed by atoms with Crippen molar-refractivity contribution in [3.8, 4) is 5.75 Å². The highest BCUT2D eigenvalue weighted by Crippen LogP contribution is 2.42. The number of hydrogen-bond acceptors (Lipinski definition) is 2. The Morgan fingerprint density at radius 2 is 2.06 bits per heavy atom. The van der Waals surface area contributed by atoms with Gasteiger partial charge in [-0.25, -0.2) is 0 Å². The molecule has 0 fully saturated rings. The molecule has 0 saturated carbocycles. The number of halogens is 1. The van der Waals surface area contributed by atoms with Crippen LogP contribution in [0.25, 0.3) is 0 Å². The maximum absolute atomic E-state index is 11.8. The maximum Gasteiger partial charge on any atom is 0.265 e. The van der Waals surface area contributed by atoms with E-state index in [0.29, 0.717) is 6.42 Å². The van der Waals surface area contributed by atoms with Crippen molar-refractivity contribution < 1.29 is 9.53 Å². The van der Waals surface area contributed by atoms with Gasteiger partial charge in [-0.15, -0.1) is 0 Å². The van der Waals surface area contributed by atoms with Crippen molar-refractivity contribution in [2.75, 3.05) is 5.32 Å². The second kappa shape index (κ2) is 4.57. The minimum Gasteiger partial charge on any atom is -0.478 e. The summed E-state index contributed by atoms with van der Waals surface area (Å²) in [6, 6.07) is 3.94. The van der Waals surface area contributed by atoms with Gasteiger partial charge in [-0.1, -0.05) is 43.6 Å². The smallest absolute Gasteiger partial charge is 0.265 e. The molecule has 0 aromatic heterocycles. The first-order chi connectivity index (χ1) is 8.32. The van der Waals surface area contributed by atoms with Crippen molar-refractivity contribution in [2.24, 2.45) is 0 Å². The molecule has 1 aromatic rings. The van der Waals surface area contributed by atoms with Crippen LogP contribution in [0.2, 0.25) is 0 Å². The molecule has 0 bridgehead atoms. The van der Waals surface area contributed by atoms with Crippen LogP contribution in [0, 0.1) is 0 Å². The van der Waals surface area contributed by atoms with Gasteiger partial charge >= 0.3 is 0 Å². The summed E-state index contributed by atoms with van der Waals surface area (Å²) in [5.41, 5.74) is 1.82. The van der Waals surface area contributed by atoms with Gasteiger partial charge < -0.3 is 10.1 Å². The Morgan fingerprint density at radius 3 is 2.61 bits per heavy atom. The van der Waals surface area contributed by atoms with Gasteiger partial charge in [0.05, 0.1) is 5.69 Å². The number of ether oxygens (including phenoxy) is 1. The van der Waals surface area contributed by atoms with Gasteiger partial charge in [-0.3, -0.25) is 4.79 Å². The summed E-state index contributed by atoms with van der Waals surface area (Å²) in [5, 5.41) is 2.92. The van der Waals surface area contributed by atoms with Crippen molar-refractivity contribution in [2.45, 2.75) is 45.6 Å².